The number of anilines is 2. The minimum absolute atomic E-state index is 1.14. The van der Waals surface area contributed by atoms with Gasteiger partial charge in [0.05, 0.1) is 0 Å². The molecular formula is C19H15Al3N2. The highest BCUT2D eigenvalue weighted by Crippen LogP contribution is 2.29. The van der Waals surface area contributed by atoms with Crippen LogP contribution in [0.15, 0.2) is 72.8 Å². The summed E-state index contributed by atoms with van der Waals surface area (Å²) in [7, 11) is 2.02. The van der Waals surface area contributed by atoms with Crippen molar-refractivity contribution >= 4 is 60.9 Å². The second-order valence-electron chi connectivity index (χ2n) is 5.70. The maximum atomic E-state index is 2.68. The summed E-state index contributed by atoms with van der Waals surface area (Å²) >= 11 is 8.00. The second kappa shape index (κ2) is 7.83. The van der Waals surface area contributed by atoms with Gasteiger partial charge in [-0.3, -0.25) is 0 Å². The molecular weight excluding hydrogens is 337 g/mol. The van der Waals surface area contributed by atoms with Gasteiger partial charge in [-0.2, -0.15) is 0 Å². The van der Waals surface area contributed by atoms with E-state index in [9.17, 15) is 0 Å². The van der Waals surface area contributed by atoms with Gasteiger partial charge in [0.25, 0.3) is 33.0 Å². The van der Waals surface area contributed by atoms with E-state index >= 15 is 0 Å². The molecule has 0 amide bonds. The predicted molar refractivity (Wildman–Crippen MR) is 105 cm³/mol. The van der Waals surface area contributed by atoms with Crippen LogP contribution < -0.4 is 6.75 Å². The lowest BCUT2D eigenvalue weighted by Crippen LogP contribution is -2.13. The molecule has 110 valence electrons. The highest BCUT2D eigenvalue weighted by atomic mass is 27.1. The van der Waals surface area contributed by atoms with Crippen LogP contribution >= 0.6 is 0 Å². The Balaban J connectivity index is 1.96. The summed E-state index contributed by atoms with van der Waals surface area (Å²) in [6.45, 7) is 0. The number of rotatable bonds is 4. The van der Waals surface area contributed by atoms with Gasteiger partial charge in [0, 0.05) is 5.69 Å². The fourth-order valence-corrected chi connectivity index (χ4v) is 3.11. The van der Waals surface area contributed by atoms with E-state index in [-0.39, 0.29) is 0 Å². The Labute approximate surface area is 169 Å². The third kappa shape index (κ3) is 4.09. The van der Waals surface area contributed by atoms with Crippen molar-refractivity contribution < 1.29 is 0 Å². The zero-order chi connectivity index (χ0) is 17.1. The standard InChI is InChI=1S/C19H15N2.3Al/c1-21-19-10-8-14(9-11-19)15-4-2-5-16(12-15)17-6-3-7-18(20)13-17;;;/h2-13H,1H3;;;/q-1;;;+1. The number of hydrogen-bond donors (Lipinski definition) is 0. The molecule has 2 nitrogen and oxygen atoms in total. The van der Waals surface area contributed by atoms with Crippen LogP contribution in [0, 0.1) is 0 Å². The van der Waals surface area contributed by atoms with Crippen molar-refractivity contribution in [3.05, 3.63) is 72.8 Å². The molecule has 5 heteroatoms. The molecule has 0 aliphatic rings. The molecule has 0 atom stereocenters. The molecule has 0 N–H and O–H groups in total. The summed E-state index contributed by atoms with van der Waals surface area (Å²) in [5.74, 6) is 0. The van der Waals surface area contributed by atoms with Gasteiger partial charge in [0.15, 0.2) is 0 Å². The molecule has 0 spiro atoms. The van der Waals surface area contributed by atoms with Gasteiger partial charge in [-0.15, -0.1) is 0 Å². The van der Waals surface area contributed by atoms with Crippen molar-refractivity contribution in [3.8, 4) is 22.3 Å². The first kappa shape index (κ1) is 17.7. The van der Waals surface area contributed by atoms with E-state index in [0.717, 1.165) is 5.69 Å². The van der Waals surface area contributed by atoms with Crippen molar-refractivity contribution in [2.45, 2.75) is 0 Å². The Morgan fingerprint density at radius 3 is 1.71 bits per heavy atom. The lowest BCUT2D eigenvalue weighted by atomic mass is 9.99. The van der Waals surface area contributed by atoms with E-state index in [2.05, 4.69) is 122 Å². The van der Waals surface area contributed by atoms with Crippen LogP contribution in [0.2, 0.25) is 0 Å². The molecule has 0 bridgehead atoms. The molecule has 0 fully saturated rings. The van der Waals surface area contributed by atoms with Crippen molar-refractivity contribution in [1.82, 2.24) is 0 Å². The van der Waals surface area contributed by atoms with Gasteiger partial charge >= 0.3 is 16.5 Å². The van der Waals surface area contributed by atoms with Gasteiger partial charge in [-0.05, 0) is 65.3 Å². The number of nitrogens with zero attached hydrogens (tertiary/aromatic N) is 2. The quantitative estimate of drug-likeness (QED) is 0.663. The van der Waals surface area contributed by atoms with E-state index in [4.69, 9.17) is 0 Å². The van der Waals surface area contributed by atoms with Crippen LogP contribution in [0.4, 0.5) is 11.4 Å². The molecule has 0 unspecified atom stereocenters. The number of hydrogen-bond acceptors (Lipinski definition) is 2. The zero-order valence-corrected chi connectivity index (χ0v) is 17.0. The SMILES string of the molecule is C[N]([Al])c1ccc(-c2cccc(-c3cccc([N]([Al])[Al])c3)c2)cc1. The maximum Gasteiger partial charge on any atom is 0.309 e. The summed E-state index contributed by atoms with van der Waals surface area (Å²) in [5.41, 5.74) is 7.20. The first-order valence-electron chi connectivity index (χ1n) is 7.63. The lowest BCUT2D eigenvalue weighted by molar-refractivity contribution is 1.34. The van der Waals surface area contributed by atoms with E-state index in [1.165, 1.54) is 27.9 Å². The van der Waals surface area contributed by atoms with Gasteiger partial charge in [0.2, 0.25) is 0 Å². The minimum Gasteiger partial charge on any atom is -0.587 e. The Morgan fingerprint density at radius 2 is 1.12 bits per heavy atom. The van der Waals surface area contributed by atoms with E-state index in [1.807, 2.05) is 13.8 Å². The molecule has 24 heavy (non-hydrogen) atoms. The zero-order valence-electron chi connectivity index (χ0n) is 13.6. The molecule has 3 rings (SSSR count). The van der Waals surface area contributed by atoms with Crippen molar-refractivity contribution in [1.29, 1.82) is 0 Å². The molecule has 0 aliphatic heterocycles. The Hall–Kier alpha value is -1.14. The van der Waals surface area contributed by atoms with Crippen LogP contribution in [-0.2, 0) is 0 Å². The maximum absolute atomic E-state index is 2.68. The fourth-order valence-electron chi connectivity index (χ4n) is 2.61. The van der Waals surface area contributed by atoms with Crippen molar-refractivity contribution in [3.63, 3.8) is 0 Å². The molecule has 0 aliphatic carbocycles. The highest BCUT2D eigenvalue weighted by Gasteiger charge is 2.03. The van der Waals surface area contributed by atoms with E-state index in [0.29, 0.717) is 0 Å². The second-order valence-corrected chi connectivity index (χ2v) is 8.18. The average Bonchev–Trinajstić information content (AvgIpc) is 2.62. The van der Waals surface area contributed by atoms with Crippen LogP contribution in [0.25, 0.3) is 22.3 Å². The predicted octanol–water partition coefficient (Wildman–Crippen LogP) is 3.51. The van der Waals surface area contributed by atoms with Gasteiger partial charge in [0.1, 0.15) is 0 Å². The fraction of sp³-hybridized carbons (Fsp3) is 0.0526. The first-order valence-corrected chi connectivity index (χ1v) is 9.18. The summed E-state index contributed by atoms with van der Waals surface area (Å²) in [5, 5.41) is 0. The summed E-state index contributed by atoms with van der Waals surface area (Å²) in [4.78, 5) is 0. The normalized spacial score (nSPS) is 10.4. The van der Waals surface area contributed by atoms with Gasteiger partial charge < -0.3 is 6.75 Å². The van der Waals surface area contributed by atoms with E-state index in [1.54, 1.807) is 0 Å². The third-order valence-corrected chi connectivity index (χ3v) is 4.84. The molecule has 0 saturated carbocycles. The van der Waals surface area contributed by atoms with Crippen LogP contribution in [0.3, 0.4) is 0 Å². The topological polar surface area (TPSA) is 6.48 Å². The Kier molecular flexibility index (Phi) is 5.76. The van der Waals surface area contributed by atoms with Gasteiger partial charge in [-0.25, -0.2) is 0 Å². The average molecular weight is 352 g/mol. The molecule has 6 radical (unpaired) electrons. The highest BCUT2D eigenvalue weighted by molar-refractivity contribution is 6.41. The monoisotopic (exact) mass is 352 g/mol. The van der Waals surface area contributed by atoms with Crippen molar-refractivity contribution in [2.24, 2.45) is 0 Å². The third-order valence-electron chi connectivity index (χ3n) is 3.95. The summed E-state index contributed by atoms with van der Waals surface area (Å²) < 4.78 is 3.99. The van der Waals surface area contributed by atoms with Gasteiger partial charge in [-0.1, -0.05) is 42.5 Å². The molecule has 0 saturated heterocycles. The Bertz CT molecular complexity index is 830. The largest absolute Gasteiger partial charge is 0.587 e. The molecule has 0 aromatic heterocycles. The lowest BCUT2D eigenvalue weighted by Gasteiger charge is -2.18. The minimum atomic E-state index is 1.14. The smallest absolute Gasteiger partial charge is 0.309 e. The Morgan fingerprint density at radius 1 is 0.583 bits per heavy atom. The summed E-state index contributed by atoms with van der Waals surface area (Å²) in [6, 6.07) is 25.8. The van der Waals surface area contributed by atoms with Crippen LogP contribution in [0.1, 0.15) is 0 Å². The molecule has 0 heterocycles. The summed E-state index contributed by atoms with van der Waals surface area (Å²) in [6.07, 6.45) is 0. The molecule has 3 aromatic carbocycles. The van der Waals surface area contributed by atoms with Crippen molar-refractivity contribution in [2.75, 3.05) is 13.8 Å². The number of benzene rings is 3. The first-order chi connectivity index (χ1) is 11.5. The van der Waals surface area contributed by atoms with E-state index < -0.39 is 0 Å². The molecule has 3 aromatic rings. The van der Waals surface area contributed by atoms with Crippen LogP contribution in [-0.4, -0.2) is 56.6 Å². The van der Waals surface area contributed by atoms with Crippen LogP contribution in [0.5, 0.6) is 0 Å².